The van der Waals surface area contributed by atoms with Crippen LogP contribution in [-0.2, 0) is 0 Å². The second-order valence-corrected chi connectivity index (χ2v) is 4.13. The first-order valence-corrected chi connectivity index (χ1v) is 5.17. The highest BCUT2D eigenvalue weighted by atomic mass is 16.3. The number of likely N-dealkylation sites (tertiary alicyclic amines) is 1. The van der Waals surface area contributed by atoms with Crippen molar-refractivity contribution in [1.82, 2.24) is 4.90 Å². The lowest BCUT2D eigenvalue weighted by Gasteiger charge is -2.38. The maximum atomic E-state index is 11.9. The summed E-state index contributed by atoms with van der Waals surface area (Å²) in [6.45, 7) is 3.52. The summed E-state index contributed by atoms with van der Waals surface area (Å²) in [6.07, 6.45) is 0. The molecule has 1 aromatic carbocycles. The zero-order chi connectivity index (χ0) is 10.8. The van der Waals surface area contributed by atoms with Crippen LogP contribution in [0.1, 0.15) is 15.9 Å². The molecule has 0 radical (unpaired) electrons. The van der Waals surface area contributed by atoms with Crippen LogP contribution in [0.15, 0.2) is 24.3 Å². The van der Waals surface area contributed by atoms with Gasteiger partial charge in [-0.25, -0.2) is 0 Å². The average molecular weight is 205 g/mol. The van der Waals surface area contributed by atoms with Crippen molar-refractivity contribution >= 4 is 5.91 Å². The van der Waals surface area contributed by atoms with Gasteiger partial charge in [-0.3, -0.25) is 4.79 Å². The van der Waals surface area contributed by atoms with E-state index in [-0.39, 0.29) is 18.4 Å². The molecule has 0 saturated carbocycles. The lowest BCUT2D eigenvalue weighted by molar-refractivity contribution is 0.0362. The lowest BCUT2D eigenvalue weighted by atomic mass is 9.99. The Morgan fingerprint density at radius 1 is 1.53 bits per heavy atom. The predicted molar refractivity (Wildman–Crippen MR) is 57.7 cm³/mol. The molecule has 3 heteroatoms. The number of aryl methyl sites for hydroxylation is 1. The number of rotatable bonds is 2. The minimum absolute atomic E-state index is 0.0726. The Labute approximate surface area is 89.3 Å². The van der Waals surface area contributed by atoms with E-state index in [0.29, 0.717) is 13.1 Å². The summed E-state index contributed by atoms with van der Waals surface area (Å²) in [6, 6.07) is 7.60. The standard InChI is InChI=1S/C12H15NO2/c1-9-3-2-4-11(5-9)12(15)13-6-10(7-13)8-14/h2-5,10,14H,6-8H2,1H3. The van der Waals surface area contributed by atoms with Crippen LogP contribution < -0.4 is 0 Å². The molecule has 1 aromatic rings. The van der Waals surface area contributed by atoms with Gasteiger partial charge in [0.05, 0.1) is 0 Å². The number of carbonyl (C=O) groups excluding carboxylic acids is 1. The molecule has 0 unspecified atom stereocenters. The summed E-state index contributed by atoms with van der Waals surface area (Å²) in [5, 5.41) is 8.86. The largest absolute Gasteiger partial charge is 0.396 e. The second-order valence-electron chi connectivity index (χ2n) is 4.13. The highest BCUT2D eigenvalue weighted by Gasteiger charge is 2.30. The molecule has 1 aliphatic heterocycles. The SMILES string of the molecule is Cc1cccc(C(=O)N2CC(CO)C2)c1. The van der Waals surface area contributed by atoms with Crippen LogP contribution in [0.2, 0.25) is 0 Å². The van der Waals surface area contributed by atoms with Crippen LogP contribution in [0.5, 0.6) is 0 Å². The molecule has 1 saturated heterocycles. The highest BCUT2D eigenvalue weighted by Crippen LogP contribution is 2.18. The van der Waals surface area contributed by atoms with Crippen molar-refractivity contribution in [2.24, 2.45) is 5.92 Å². The third-order valence-electron chi connectivity index (χ3n) is 2.77. The van der Waals surface area contributed by atoms with E-state index in [1.165, 1.54) is 0 Å². The van der Waals surface area contributed by atoms with E-state index in [2.05, 4.69) is 0 Å². The van der Waals surface area contributed by atoms with Gasteiger partial charge in [-0.2, -0.15) is 0 Å². The van der Waals surface area contributed by atoms with Crippen molar-refractivity contribution in [1.29, 1.82) is 0 Å². The summed E-state index contributed by atoms with van der Waals surface area (Å²) in [5.41, 5.74) is 1.84. The number of carbonyl (C=O) groups is 1. The van der Waals surface area contributed by atoms with Gasteiger partial charge in [0.1, 0.15) is 0 Å². The fourth-order valence-electron chi connectivity index (χ4n) is 1.81. The fourth-order valence-corrected chi connectivity index (χ4v) is 1.81. The molecule has 15 heavy (non-hydrogen) atoms. The first kappa shape index (κ1) is 10.2. The molecular weight excluding hydrogens is 190 g/mol. The predicted octanol–water partition coefficient (Wildman–Crippen LogP) is 1.06. The van der Waals surface area contributed by atoms with E-state index >= 15 is 0 Å². The molecule has 1 amide bonds. The smallest absolute Gasteiger partial charge is 0.253 e. The molecule has 0 aromatic heterocycles. The van der Waals surface area contributed by atoms with Gasteiger partial charge in [-0.1, -0.05) is 17.7 Å². The molecule has 1 aliphatic rings. The minimum Gasteiger partial charge on any atom is -0.396 e. The number of amides is 1. The van der Waals surface area contributed by atoms with Crippen molar-refractivity contribution in [2.45, 2.75) is 6.92 Å². The number of benzene rings is 1. The molecule has 3 nitrogen and oxygen atoms in total. The van der Waals surface area contributed by atoms with Crippen LogP contribution in [0.4, 0.5) is 0 Å². The third-order valence-corrected chi connectivity index (χ3v) is 2.77. The normalized spacial score (nSPS) is 16.3. The van der Waals surface area contributed by atoms with E-state index in [9.17, 15) is 4.79 Å². The molecule has 2 rings (SSSR count). The van der Waals surface area contributed by atoms with Gasteiger partial charge in [0.15, 0.2) is 0 Å². The molecular formula is C12H15NO2. The van der Waals surface area contributed by atoms with Gasteiger partial charge < -0.3 is 10.0 Å². The van der Waals surface area contributed by atoms with Crippen LogP contribution in [-0.4, -0.2) is 35.6 Å². The maximum Gasteiger partial charge on any atom is 0.253 e. The summed E-state index contributed by atoms with van der Waals surface area (Å²) < 4.78 is 0. The monoisotopic (exact) mass is 205 g/mol. The van der Waals surface area contributed by atoms with Crippen molar-refractivity contribution in [3.63, 3.8) is 0 Å². The molecule has 0 spiro atoms. The fraction of sp³-hybridized carbons (Fsp3) is 0.417. The number of hydrogen-bond acceptors (Lipinski definition) is 2. The van der Waals surface area contributed by atoms with Gasteiger partial charge in [0.2, 0.25) is 0 Å². The molecule has 0 atom stereocenters. The number of aliphatic hydroxyl groups excluding tert-OH is 1. The average Bonchev–Trinajstić information content (AvgIpc) is 2.16. The first-order chi connectivity index (χ1) is 7.20. The van der Waals surface area contributed by atoms with Crippen molar-refractivity contribution in [3.8, 4) is 0 Å². The van der Waals surface area contributed by atoms with E-state index in [1.807, 2.05) is 31.2 Å². The molecule has 0 aliphatic carbocycles. The van der Waals surface area contributed by atoms with Crippen LogP contribution in [0, 0.1) is 12.8 Å². The van der Waals surface area contributed by atoms with Crippen molar-refractivity contribution in [2.75, 3.05) is 19.7 Å². The summed E-state index contributed by atoms with van der Waals surface area (Å²) >= 11 is 0. The van der Waals surface area contributed by atoms with Crippen molar-refractivity contribution < 1.29 is 9.90 Å². The summed E-state index contributed by atoms with van der Waals surface area (Å²) in [5.74, 6) is 0.349. The van der Waals surface area contributed by atoms with E-state index in [1.54, 1.807) is 4.90 Å². The minimum atomic E-state index is 0.0726. The van der Waals surface area contributed by atoms with E-state index < -0.39 is 0 Å². The topological polar surface area (TPSA) is 40.5 Å². The highest BCUT2D eigenvalue weighted by molar-refractivity contribution is 5.94. The van der Waals surface area contributed by atoms with Gasteiger partial charge in [-0.15, -0.1) is 0 Å². The summed E-state index contributed by atoms with van der Waals surface area (Å²) in [7, 11) is 0. The van der Waals surface area contributed by atoms with Gasteiger partial charge in [0, 0.05) is 31.2 Å². The first-order valence-electron chi connectivity index (χ1n) is 5.17. The molecule has 80 valence electrons. The summed E-state index contributed by atoms with van der Waals surface area (Å²) in [4.78, 5) is 13.7. The van der Waals surface area contributed by atoms with E-state index in [4.69, 9.17) is 5.11 Å². The molecule has 1 heterocycles. The number of hydrogen-bond donors (Lipinski definition) is 1. The Kier molecular flexibility index (Phi) is 2.73. The Hall–Kier alpha value is -1.35. The van der Waals surface area contributed by atoms with Crippen LogP contribution >= 0.6 is 0 Å². The Morgan fingerprint density at radius 2 is 2.27 bits per heavy atom. The van der Waals surface area contributed by atoms with Crippen LogP contribution in [0.25, 0.3) is 0 Å². The Balaban J connectivity index is 2.03. The van der Waals surface area contributed by atoms with Crippen molar-refractivity contribution in [3.05, 3.63) is 35.4 Å². The third kappa shape index (κ3) is 2.02. The van der Waals surface area contributed by atoms with Gasteiger partial charge >= 0.3 is 0 Å². The molecule has 1 N–H and O–H groups in total. The van der Waals surface area contributed by atoms with E-state index in [0.717, 1.165) is 11.1 Å². The van der Waals surface area contributed by atoms with Gasteiger partial charge in [0.25, 0.3) is 5.91 Å². The Bertz CT molecular complexity index is 370. The quantitative estimate of drug-likeness (QED) is 0.784. The Morgan fingerprint density at radius 3 is 2.87 bits per heavy atom. The van der Waals surface area contributed by atoms with Gasteiger partial charge in [-0.05, 0) is 19.1 Å². The molecule has 1 fully saturated rings. The maximum absolute atomic E-state index is 11.9. The number of nitrogens with zero attached hydrogens (tertiary/aromatic N) is 1. The lowest BCUT2D eigenvalue weighted by Crippen LogP contribution is -2.51. The van der Waals surface area contributed by atoms with Crippen LogP contribution in [0.3, 0.4) is 0 Å². The zero-order valence-electron chi connectivity index (χ0n) is 8.81. The zero-order valence-corrected chi connectivity index (χ0v) is 8.81. The number of aliphatic hydroxyl groups is 1. The second kappa shape index (κ2) is 4.03. The molecule has 0 bridgehead atoms.